The van der Waals surface area contributed by atoms with Crippen LogP contribution in [0.3, 0.4) is 0 Å². The number of H-pyrrole nitrogens is 2. The summed E-state index contributed by atoms with van der Waals surface area (Å²) in [7, 11) is 3.24. The van der Waals surface area contributed by atoms with Gasteiger partial charge in [-0.2, -0.15) is 14.9 Å². The largest absolute Gasteiger partial charge is 0.497 e. The molecule has 3 N–H and O–H groups in total. The Bertz CT molecular complexity index is 2910. The lowest BCUT2D eigenvalue weighted by Gasteiger charge is -2.19. The number of aromatic nitrogens is 8. The van der Waals surface area contributed by atoms with Crippen LogP contribution in [0, 0.1) is 27.7 Å². The van der Waals surface area contributed by atoms with Crippen molar-refractivity contribution in [3.8, 4) is 11.5 Å². The maximum atomic E-state index is 12.7. The smallest absolute Gasteiger partial charge is 0.420 e. The number of hydrogen-bond acceptors (Lipinski definition) is 11. The highest BCUT2D eigenvalue weighted by Crippen LogP contribution is 2.26. The molecule has 6 heterocycles. The SMILES string of the molecule is COc1ccc(CN=C=O)cc1.COc1ccc(CNC(=O)n2nc(C)c(Cc3c[nH]c4ncccc34)c2C)cc1.Cc1n[nH]c(C)c1Cc1cn(C(=O)OC(C)(C)C)c2ncccc12. The van der Waals surface area contributed by atoms with Crippen molar-refractivity contribution in [3.05, 3.63) is 154 Å². The van der Waals surface area contributed by atoms with Crippen LogP contribution in [-0.2, 0) is 35.5 Å². The van der Waals surface area contributed by atoms with Gasteiger partial charge in [0, 0.05) is 77.5 Å². The average Bonchev–Trinajstić information content (AvgIpc) is 4.06. The van der Waals surface area contributed by atoms with Crippen LogP contribution in [0.4, 0.5) is 9.59 Å². The van der Waals surface area contributed by atoms with Crippen LogP contribution in [0.15, 0.2) is 103 Å². The number of aromatic amines is 2. The normalized spacial score (nSPS) is 10.9. The van der Waals surface area contributed by atoms with Crippen LogP contribution in [-0.4, -0.2) is 77.5 Å². The van der Waals surface area contributed by atoms with Crippen LogP contribution in [0.25, 0.3) is 22.1 Å². The average molecular weight is 879 g/mol. The number of carbonyl (C=O) groups excluding carboxylic acids is 3. The third kappa shape index (κ3) is 11.8. The first-order valence-corrected chi connectivity index (χ1v) is 20.9. The Morgan fingerprint density at radius 2 is 1.43 bits per heavy atom. The monoisotopic (exact) mass is 878 g/mol. The van der Waals surface area contributed by atoms with Crippen molar-refractivity contribution in [2.24, 2.45) is 4.99 Å². The predicted octanol–water partition coefficient (Wildman–Crippen LogP) is 9.01. The van der Waals surface area contributed by atoms with E-state index in [-0.39, 0.29) is 6.03 Å². The molecule has 0 radical (unpaired) electrons. The molecule has 2 aromatic carbocycles. The van der Waals surface area contributed by atoms with Crippen molar-refractivity contribution >= 4 is 40.3 Å². The number of fused-ring (bicyclic) bond motifs is 2. The van der Waals surface area contributed by atoms with Crippen LogP contribution in [0.2, 0.25) is 0 Å². The van der Waals surface area contributed by atoms with Gasteiger partial charge in [-0.25, -0.2) is 33.9 Å². The van der Waals surface area contributed by atoms with Crippen molar-refractivity contribution in [1.29, 1.82) is 0 Å². The molecule has 0 aliphatic rings. The number of aryl methyl sites for hydroxylation is 3. The highest BCUT2D eigenvalue weighted by atomic mass is 16.6. The van der Waals surface area contributed by atoms with E-state index in [2.05, 4.69) is 40.6 Å². The summed E-state index contributed by atoms with van der Waals surface area (Å²) in [6.45, 7) is 14.2. The Morgan fingerprint density at radius 1 is 0.800 bits per heavy atom. The molecule has 0 unspecified atom stereocenters. The molecule has 8 rings (SSSR count). The minimum Gasteiger partial charge on any atom is -0.497 e. The first kappa shape index (κ1) is 46.7. The fourth-order valence-electron chi connectivity index (χ4n) is 7.07. The third-order valence-corrected chi connectivity index (χ3v) is 10.5. The lowest BCUT2D eigenvalue weighted by atomic mass is 10.0. The van der Waals surface area contributed by atoms with Gasteiger partial charge in [0.2, 0.25) is 6.08 Å². The predicted molar refractivity (Wildman–Crippen MR) is 248 cm³/mol. The Balaban J connectivity index is 0.000000175. The van der Waals surface area contributed by atoms with Crippen LogP contribution >= 0.6 is 0 Å². The molecule has 16 nitrogen and oxygen atoms in total. The summed E-state index contributed by atoms with van der Waals surface area (Å²) in [4.78, 5) is 50.3. The molecule has 0 spiro atoms. The summed E-state index contributed by atoms with van der Waals surface area (Å²) in [5.41, 5.74) is 10.9. The van der Waals surface area contributed by atoms with Crippen LogP contribution in [0.5, 0.6) is 11.5 Å². The number of methoxy groups -OCH3 is 2. The second kappa shape index (κ2) is 21.0. The van der Waals surface area contributed by atoms with Gasteiger partial charge >= 0.3 is 12.1 Å². The summed E-state index contributed by atoms with van der Waals surface area (Å²) >= 11 is 0. The number of benzene rings is 2. The Morgan fingerprint density at radius 3 is 2.05 bits per heavy atom. The molecule has 336 valence electrons. The molecule has 0 atom stereocenters. The summed E-state index contributed by atoms with van der Waals surface area (Å²) in [5, 5.41) is 16.7. The number of nitrogens with one attached hydrogen (secondary N) is 3. The molecule has 6 aromatic heterocycles. The van der Waals surface area contributed by atoms with Crippen molar-refractivity contribution < 1.29 is 28.6 Å². The van der Waals surface area contributed by atoms with E-state index in [1.165, 1.54) is 15.3 Å². The van der Waals surface area contributed by atoms with Gasteiger partial charge in [0.25, 0.3) is 0 Å². The van der Waals surface area contributed by atoms with E-state index < -0.39 is 11.7 Å². The fraction of sp³-hybridized carbons (Fsp3) is 0.286. The van der Waals surface area contributed by atoms with Gasteiger partial charge in [-0.05, 0) is 119 Å². The van der Waals surface area contributed by atoms with E-state index >= 15 is 0 Å². The first-order valence-electron chi connectivity index (χ1n) is 20.9. The molecule has 0 aliphatic carbocycles. The van der Waals surface area contributed by atoms with Gasteiger partial charge in [-0.3, -0.25) is 5.10 Å². The van der Waals surface area contributed by atoms with E-state index in [9.17, 15) is 14.4 Å². The quantitative estimate of drug-likeness (QED) is 0.0881. The van der Waals surface area contributed by atoms with Gasteiger partial charge < -0.3 is 24.5 Å². The number of pyridine rings is 2. The van der Waals surface area contributed by atoms with Gasteiger partial charge in [-0.1, -0.05) is 24.3 Å². The van der Waals surface area contributed by atoms with E-state index in [1.807, 2.05) is 134 Å². The van der Waals surface area contributed by atoms with Crippen molar-refractivity contribution in [2.75, 3.05) is 14.2 Å². The number of nitrogens with zero attached hydrogens (tertiary/aromatic N) is 7. The first-order chi connectivity index (χ1) is 31.2. The fourth-order valence-corrected chi connectivity index (χ4v) is 7.07. The standard InChI is InChI=1S/C22H23N5O2.C18H22N4O2.C9H9NO2/c1-14-20(11-17-13-24-21-19(17)5-4-10-23-21)15(2)27(26-14)22(28)25-12-16-6-8-18(29-3)9-7-16;1-11-15(12(2)21-20-11)9-13-10-22(17(23)24-18(3,4)5)16-14(13)7-6-8-19-16;1-12-9-4-2-8(3-5-9)6-10-7-11/h4-10,13H,11-12H2,1-3H3,(H,23,24)(H,25,28);6-8,10H,9H2,1-5H3,(H,20,21);2-5H,6H2,1H3. The maximum absolute atomic E-state index is 12.7. The Hall–Kier alpha value is -7.84. The maximum Gasteiger partial charge on any atom is 0.420 e. The molecule has 65 heavy (non-hydrogen) atoms. The molecule has 1 amide bonds. The second-order valence-electron chi connectivity index (χ2n) is 16.2. The van der Waals surface area contributed by atoms with Crippen LogP contribution < -0.4 is 14.8 Å². The zero-order valence-corrected chi connectivity index (χ0v) is 38.1. The minimum atomic E-state index is -0.555. The number of ether oxygens (including phenoxy) is 3. The number of aliphatic imine (C=N–C) groups is 1. The Labute approximate surface area is 377 Å². The summed E-state index contributed by atoms with van der Waals surface area (Å²) in [6.07, 6.45) is 9.68. The Kier molecular flexibility index (Phi) is 15.1. The number of amides is 1. The van der Waals surface area contributed by atoms with Crippen LogP contribution in [0.1, 0.15) is 76.9 Å². The van der Waals surface area contributed by atoms with Crippen molar-refractivity contribution in [2.45, 2.75) is 80.0 Å². The molecular formula is C49H54N10O6. The van der Waals surface area contributed by atoms with E-state index in [1.54, 1.807) is 26.6 Å². The zero-order valence-electron chi connectivity index (χ0n) is 38.1. The van der Waals surface area contributed by atoms with Crippen molar-refractivity contribution in [3.63, 3.8) is 0 Å². The van der Waals surface area contributed by atoms with E-state index in [0.717, 1.165) is 84.1 Å². The number of hydrogen-bond donors (Lipinski definition) is 3. The summed E-state index contributed by atoms with van der Waals surface area (Å²) in [6, 6.07) is 22.6. The number of carbonyl (C=O) groups is 2. The van der Waals surface area contributed by atoms with Gasteiger partial charge in [0.05, 0.1) is 32.2 Å². The highest BCUT2D eigenvalue weighted by Gasteiger charge is 2.22. The third-order valence-electron chi connectivity index (χ3n) is 10.5. The zero-order chi connectivity index (χ0) is 46.7. The van der Waals surface area contributed by atoms with Gasteiger partial charge in [0.1, 0.15) is 28.4 Å². The molecular weight excluding hydrogens is 825 g/mol. The minimum absolute atomic E-state index is 0.242. The van der Waals surface area contributed by atoms with E-state index in [0.29, 0.717) is 31.6 Å². The lowest BCUT2D eigenvalue weighted by Crippen LogP contribution is -2.29. The number of isocyanates is 1. The van der Waals surface area contributed by atoms with Crippen molar-refractivity contribution in [1.82, 2.24) is 44.8 Å². The summed E-state index contributed by atoms with van der Waals surface area (Å²) in [5.74, 6) is 1.59. The summed E-state index contributed by atoms with van der Waals surface area (Å²) < 4.78 is 18.5. The van der Waals surface area contributed by atoms with Gasteiger partial charge in [-0.15, -0.1) is 0 Å². The molecule has 0 aliphatic heterocycles. The topological polar surface area (TPSA) is 196 Å². The molecule has 0 saturated heterocycles. The van der Waals surface area contributed by atoms with Gasteiger partial charge in [0.15, 0.2) is 0 Å². The molecule has 0 bridgehead atoms. The molecule has 0 fully saturated rings. The number of rotatable bonds is 10. The second-order valence-corrected chi connectivity index (χ2v) is 16.2. The molecule has 16 heteroatoms. The van der Waals surface area contributed by atoms with E-state index in [4.69, 9.17) is 14.2 Å². The lowest BCUT2D eigenvalue weighted by molar-refractivity contribution is 0.0543. The molecule has 8 aromatic rings. The molecule has 0 saturated carbocycles. The highest BCUT2D eigenvalue weighted by molar-refractivity contribution is 5.89.